The maximum Gasteiger partial charge on any atom is 0.317 e. The van der Waals surface area contributed by atoms with E-state index in [9.17, 15) is 9.59 Å². The highest BCUT2D eigenvalue weighted by molar-refractivity contribution is 5.74. The number of carboxylic acid groups (broad SMARTS) is 1. The molecule has 1 saturated heterocycles. The molecule has 0 aromatic heterocycles. The Balaban J connectivity index is 2.11. The van der Waals surface area contributed by atoms with E-state index in [1.54, 1.807) is 4.90 Å². The predicted octanol–water partition coefficient (Wildman–Crippen LogP) is 0.882. The third-order valence-electron chi connectivity index (χ3n) is 3.40. The molecule has 0 bridgehead atoms. The van der Waals surface area contributed by atoms with Gasteiger partial charge in [0, 0.05) is 26.1 Å². The predicted molar refractivity (Wildman–Crippen MR) is 73.1 cm³/mol. The molecule has 1 atom stereocenters. The van der Waals surface area contributed by atoms with Gasteiger partial charge in [0.15, 0.2) is 0 Å². The summed E-state index contributed by atoms with van der Waals surface area (Å²) in [5.41, 5.74) is 0. The first kappa shape index (κ1) is 15.8. The van der Waals surface area contributed by atoms with E-state index in [2.05, 4.69) is 17.6 Å². The number of nitrogens with zero attached hydrogens (tertiary/aromatic N) is 1. The lowest BCUT2D eigenvalue weighted by Crippen LogP contribution is -2.39. The maximum atomic E-state index is 11.8. The molecule has 0 aromatic rings. The number of carboxylic acids is 1. The normalized spacial score (nSPS) is 18.6. The first-order valence-corrected chi connectivity index (χ1v) is 7.08. The van der Waals surface area contributed by atoms with Crippen molar-refractivity contribution >= 4 is 12.0 Å². The number of carbonyl (C=O) groups excluding carboxylic acids is 1. The molecule has 1 fully saturated rings. The second-order valence-electron chi connectivity index (χ2n) is 4.97. The van der Waals surface area contributed by atoms with Crippen LogP contribution in [0.15, 0.2) is 0 Å². The van der Waals surface area contributed by atoms with Crippen LogP contribution >= 0.6 is 0 Å². The molecule has 6 heteroatoms. The Morgan fingerprint density at radius 3 is 2.84 bits per heavy atom. The second kappa shape index (κ2) is 8.74. The van der Waals surface area contributed by atoms with Gasteiger partial charge in [0.25, 0.3) is 0 Å². The van der Waals surface area contributed by atoms with Gasteiger partial charge in [-0.3, -0.25) is 4.79 Å². The van der Waals surface area contributed by atoms with Gasteiger partial charge in [0.2, 0.25) is 0 Å². The van der Waals surface area contributed by atoms with Gasteiger partial charge in [-0.2, -0.15) is 0 Å². The minimum atomic E-state index is -0.758. The smallest absolute Gasteiger partial charge is 0.317 e. The first-order valence-electron chi connectivity index (χ1n) is 7.08. The highest BCUT2D eigenvalue weighted by Crippen LogP contribution is 2.20. The summed E-state index contributed by atoms with van der Waals surface area (Å²) < 4.78 is 0. The van der Waals surface area contributed by atoms with E-state index in [1.807, 2.05) is 0 Å². The summed E-state index contributed by atoms with van der Waals surface area (Å²) in [5, 5.41) is 14.7. The Bertz CT molecular complexity index is 297. The summed E-state index contributed by atoms with van der Waals surface area (Å²) >= 11 is 0. The zero-order chi connectivity index (χ0) is 14.1. The summed E-state index contributed by atoms with van der Waals surface area (Å²) in [6.45, 7) is 6.03. The van der Waals surface area contributed by atoms with Crippen molar-refractivity contribution in [3.63, 3.8) is 0 Å². The van der Waals surface area contributed by atoms with Crippen molar-refractivity contribution in [1.82, 2.24) is 15.5 Å². The lowest BCUT2D eigenvalue weighted by atomic mass is 10.0. The van der Waals surface area contributed by atoms with Crippen LogP contribution in [-0.4, -0.2) is 54.7 Å². The van der Waals surface area contributed by atoms with Crippen LogP contribution in [0.4, 0.5) is 4.79 Å². The third kappa shape index (κ3) is 6.42. The van der Waals surface area contributed by atoms with Crippen LogP contribution in [0.2, 0.25) is 0 Å². The van der Waals surface area contributed by atoms with Crippen LogP contribution in [-0.2, 0) is 4.79 Å². The average molecular weight is 271 g/mol. The van der Waals surface area contributed by atoms with Gasteiger partial charge in [-0.05, 0) is 38.3 Å². The summed E-state index contributed by atoms with van der Waals surface area (Å²) in [4.78, 5) is 24.1. The lowest BCUT2D eigenvalue weighted by molar-refractivity contribution is -0.137. The standard InChI is InChI=1S/C13H25N3O3/c1-2-14-7-3-8-15-13(19)16-9-6-11(10-16)4-5-12(17)18/h11,14H,2-10H2,1H3,(H,15,19)(H,17,18). The Morgan fingerprint density at radius 2 is 2.16 bits per heavy atom. The molecule has 0 spiro atoms. The van der Waals surface area contributed by atoms with Crippen LogP contribution in [0.5, 0.6) is 0 Å². The summed E-state index contributed by atoms with van der Waals surface area (Å²) in [5.74, 6) is -0.421. The van der Waals surface area contributed by atoms with Gasteiger partial charge in [-0.1, -0.05) is 6.92 Å². The van der Waals surface area contributed by atoms with Crippen molar-refractivity contribution in [2.45, 2.75) is 32.6 Å². The molecule has 110 valence electrons. The van der Waals surface area contributed by atoms with E-state index in [4.69, 9.17) is 5.11 Å². The molecule has 1 unspecified atom stereocenters. The first-order chi connectivity index (χ1) is 9.13. The number of carbonyl (C=O) groups is 2. The Hall–Kier alpha value is -1.30. The molecule has 1 aliphatic heterocycles. The fourth-order valence-electron chi connectivity index (χ4n) is 2.28. The quantitative estimate of drug-likeness (QED) is 0.572. The number of aliphatic carboxylic acids is 1. The van der Waals surface area contributed by atoms with Crippen molar-refractivity contribution in [3.8, 4) is 0 Å². The number of nitrogens with one attached hydrogen (secondary N) is 2. The van der Waals surface area contributed by atoms with Crippen LogP contribution < -0.4 is 10.6 Å². The topological polar surface area (TPSA) is 81.7 Å². The summed E-state index contributed by atoms with van der Waals surface area (Å²) in [6.07, 6.45) is 2.70. The molecule has 0 saturated carbocycles. The number of urea groups is 1. The zero-order valence-electron chi connectivity index (χ0n) is 11.7. The summed E-state index contributed by atoms with van der Waals surface area (Å²) in [6, 6.07) is -0.0191. The van der Waals surface area contributed by atoms with Crippen LogP contribution in [0.1, 0.15) is 32.6 Å². The van der Waals surface area contributed by atoms with Crippen molar-refractivity contribution in [2.75, 3.05) is 32.7 Å². The fraction of sp³-hybridized carbons (Fsp3) is 0.846. The minimum Gasteiger partial charge on any atom is -0.481 e. The SMILES string of the molecule is CCNCCCNC(=O)N1CCC(CCC(=O)O)C1. The molecule has 0 aromatic carbocycles. The molecule has 19 heavy (non-hydrogen) atoms. The van der Waals surface area contributed by atoms with Crippen molar-refractivity contribution in [1.29, 1.82) is 0 Å². The van der Waals surface area contributed by atoms with E-state index in [0.29, 0.717) is 25.4 Å². The molecule has 0 radical (unpaired) electrons. The van der Waals surface area contributed by atoms with E-state index >= 15 is 0 Å². The van der Waals surface area contributed by atoms with Crippen molar-refractivity contribution < 1.29 is 14.7 Å². The average Bonchev–Trinajstić information content (AvgIpc) is 2.84. The Labute approximate surface area is 114 Å². The van der Waals surface area contributed by atoms with Gasteiger partial charge >= 0.3 is 12.0 Å². The molecule has 2 amide bonds. The monoisotopic (exact) mass is 271 g/mol. The van der Waals surface area contributed by atoms with Crippen LogP contribution in [0, 0.1) is 5.92 Å². The molecule has 0 aliphatic carbocycles. The van der Waals surface area contributed by atoms with E-state index < -0.39 is 5.97 Å². The summed E-state index contributed by atoms with van der Waals surface area (Å²) in [7, 11) is 0. The number of hydrogen-bond acceptors (Lipinski definition) is 3. The van der Waals surface area contributed by atoms with Gasteiger partial charge in [-0.25, -0.2) is 4.79 Å². The van der Waals surface area contributed by atoms with Gasteiger partial charge in [0.05, 0.1) is 0 Å². The van der Waals surface area contributed by atoms with E-state index in [0.717, 1.165) is 32.5 Å². The maximum absolute atomic E-state index is 11.8. The van der Waals surface area contributed by atoms with Gasteiger partial charge < -0.3 is 20.6 Å². The second-order valence-corrected chi connectivity index (χ2v) is 4.97. The molecule has 1 rings (SSSR count). The highest BCUT2D eigenvalue weighted by Gasteiger charge is 2.26. The minimum absolute atomic E-state index is 0.0191. The number of amides is 2. The van der Waals surface area contributed by atoms with Crippen molar-refractivity contribution in [2.24, 2.45) is 5.92 Å². The number of likely N-dealkylation sites (tertiary alicyclic amines) is 1. The Morgan fingerprint density at radius 1 is 1.37 bits per heavy atom. The molecular formula is C13H25N3O3. The molecule has 1 heterocycles. The zero-order valence-corrected chi connectivity index (χ0v) is 11.7. The van der Waals surface area contributed by atoms with Gasteiger partial charge in [-0.15, -0.1) is 0 Å². The lowest BCUT2D eigenvalue weighted by Gasteiger charge is -2.17. The molecular weight excluding hydrogens is 246 g/mol. The Kier molecular flexibility index (Phi) is 7.25. The van der Waals surface area contributed by atoms with E-state index in [-0.39, 0.29) is 12.5 Å². The van der Waals surface area contributed by atoms with Crippen LogP contribution in [0.3, 0.4) is 0 Å². The number of hydrogen-bond donors (Lipinski definition) is 3. The molecule has 1 aliphatic rings. The third-order valence-corrected chi connectivity index (χ3v) is 3.40. The fourth-order valence-corrected chi connectivity index (χ4v) is 2.28. The van der Waals surface area contributed by atoms with Crippen LogP contribution in [0.25, 0.3) is 0 Å². The van der Waals surface area contributed by atoms with Gasteiger partial charge in [0.1, 0.15) is 0 Å². The largest absolute Gasteiger partial charge is 0.481 e. The molecule has 3 N–H and O–H groups in total. The number of rotatable bonds is 8. The molecule has 6 nitrogen and oxygen atoms in total. The van der Waals surface area contributed by atoms with Crippen molar-refractivity contribution in [3.05, 3.63) is 0 Å². The highest BCUT2D eigenvalue weighted by atomic mass is 16.4. The van der Waals surface area contributed by atoms with E-state index in [1.165, 1.54) is 0 Å².